The molecule has 0 rings (SSSR count). The lowest BCUT2D eigenvalue weighted by atomic mass is 9.99. The molecule has 1 unspecified atom stereocenters. The number of aliphatic hydroxyl groups is 4. The predicted molar refractivity (Wildman–Crippen MR) is 35.2 cm³/mol. The van der Waals surface area contributed by atoms with Crippen LogP contribution in [0.1, 0.15) is 19.8 Å². The van der Waals surface area contributed by atoms with Gasteiger partial charge in [-0.15, -0.1) is 0 Å². The first-order chi connectivity index (χ1) is 4.48. The zero-order valence-electron chi connectivity index (χ0n) is 5.99. The Morgan fingerprint density at radius 1 is 1.40 bits per heavy atom. The first kappa shape index (κ1) is 9.84. The Bertz CT molecular complexity index is 89.7. The predicted octanol–water partition coefficient (Wildman–Crippen LogP) is -1.18. The quantitative estimate of drug-likeness (QED) is 0.380. The third-order valence-corrected chi connectivity index (χ3v) is 1.27. The van der Waals surface area contributed by atoms with Crippen LogP contribution in [0.25, 0.3) is 0 Å². The molecule has 62 valence electrons. The summed E-state index contributed by atoms with van der Waals surface area (Å²) in [4.78, 5) is 0. The summed E-state index contributed by atoms with van der Waals surface area (Å²) in [6.45, 7) is 1.29. The molecular formula is C6H14O4. The van der Waals surface area contributed by atoms with Crippen LogP contribution < -0.4 is 0 Å². The molecule has 0 bridgehead atoms. The van der Waals surface area contributed by atoms with Crippen molar-refractivity contribution in [1.82, 2.24) is 0 Å². The lowest BCUT2D eigenvalue weighted by molar-refractivity contribution is -0.102. The second-order valence-electron chi connectivity index (χ2n) is 2.66. The molecule has 10 heavy (non-hydrogen) atoms. The van der Waals surface area contributed by atoms with E-state index in [1.807, 2.05) is 0 Å². The molecule has 0 saturated carbocycles. The van der Waals surface area contributed by atoms with Gasteiger partial charge in [-0.2, -0.15) is 0 Å². The van der Waals surface area contributed by atoms with E-state index in [0.717, 1.165) is 0 Å². The molecule has 4 heteroatoms. The van der Waals surface area contributed by atoms with E-state index in [9.17, 15) is 5.11 Å². The van der Waals surface area contributed by atoms with Gasteiger partial charge in [0.25, 0.3) is 0 Å². The summed E-state index contributed by atoms with van der Waals surface area (Å²) in [6.07, 6.45) is -1.49. The molecule has 0 spiro atoms. The Hall–Kier alpha value is -0.160. The largest absolute Gasteiger partial charge is 0.396 e. The van der Waals surface area contributed by atoms with E-state index in [4.69, 9.17) is 15.3 Å². The van der Waals surface area contributed by atoms with Crippen LogP contribution in [0.5, 0.6) is 0 Å². The van der Waals surface area contributed by atoms with Gasteiger partial charge in [0.2, 0.25) is 0 Å². The molecule has 0 heterocycles. The van der Waals surface area contributed by atoms with Gasteiger partial charge >= 0.3 is 0 Å². The van der Waals surface area contributed by atoms with Crippen molar-refractivity contribution in [3.63, 3.8) is 0 Å². The van der Waals surface area contributed by atoms with E-state index in [1.54, 1.807) is 0 Å². The molecule has 0 aromatic heterocycles. The first-order valence-corrected chi connectivity index (χ1v) is 3.17. The van der Waals surface area contributed by atoms with Crippen LogP contribution in [0, 0.1) is 0 Å². The number of rotatable bonds is 4. The molecule has 4 nitrogen and oxygen atoms in total. The molecule has 0 fully saturated rings. The zero-order valence-corrected chi connectivity index (χ0v) is 5.99. The summed E-state index contributed by atoms with van der Waals surface area (Å²) in [6, 6.07) is 0. The standard InChI is InChI=1S/C6H14O4/c1-6(10,2-3-7)4-5(8)9/h5,7-10H,2-4H2,1H3. The minimum absolute atomic E-state index is 0.131. The molecule has 0 aliphatic heterocycles. The summed E-state index contributed by atoms with van der Waals surface area (Å²) in [7, 11) is 0. The second kappa shape index (κ2) is 3.88. The summed E-state index contributed by atoms with van der Waals surface area (Å²) in [5.74, 6) is 0. The van der Waals surface area contributed by atoms with Crippen LogP contribution in [0.2, 0.25) is 0 Å². The molecule has 1 atom stereocenters. The van der Waals surface area contributed by atoms with Crippen molar-refractivity contribution >= 4 is 0 Å². The molecule has 0 aromatic carbocycles. The van der Waals surface area contributed by atoms with Crippen LogP contribution in [-0.2, 0) is 0 Å². The van der Waals surface area contributed by atoms with Crippen LogP contribution in [0.4, 0.5) is 0 Å². The molecular weight excluding hydrogens is 136 g/mol. The fourth-order valence-electron chi connectivity index (χ4n) is 0.736. The summed E-state index contributed by atoms with van der Waals surface area (Å²) in [5, 5.41) is 34.5. The average molecular weight is 150 g/mol. The molecule has 0 amide bonds. The zero-order chi connectivity index (χ0) is 8.20. The Kier molecular flexibility index (Phi) is 3.81. The number of hydrogen-bond donors (Lipinski definition) is 4. The van der Waals surface area contributed by atoms with E-state index >= 15 is 0 Å². The van der Waals surface area contributed by atoms with Crippen molar-refractivity contribution in [2.75, 3.05) is 6.61 Å². The van der Waals surface area contributed by atoms with Crippen molar-refractivity contribution in [2.24, 2.45) is 0 Å². The lowest BCUT2D eigenvalue weighted by Crippen LogP contribution is -2.30. The fraction of sp³-hybridized carbons (Fsp3) is 1.00. The van der Waals surface area contributed by atoms with Crippen LogP contribution in [0.3, 0.4) is 0 Å². The van der Waals surface area contributed by atoms with Gasteiger partial charge in [-0.1, -0.05) is 0 Å². The number of hydrogen-bond acceptors (Lipinski definition) is 4. The van der Waals surface area contributed by atoms with Gasteiger partial charge in [0.1, 0.15) is 0 Å². The van der Waals surface area contributed by atoms with E-state index in [2.05, 4.69) is 0 Å². The summed E-state index contributed by atoms with van der Waals surface area (Å²) >= 11 is 0. The van der Waals surface area contributed by atoms with Crippen molar-refractivity contribution in [1.29, 1.82) is 0 Å². The van der Waals surface area contributed by atoms with E-state index in [-0.39, 0.29) is 19.4 Å². The Balaban J connectivity index is 3.63. The third-order valence-electron chi connectivity index (χ3n) is 1.27. The summed E-state index contributed by atoms with van der Waals surface area (Å²) < 4.78 is 0. The normalized spacial score (nSPS) is 17.4. The second-order valence-corrected chi connectivity index (χ2v) is 2.66. The monoisotopic (exact) mass is 150 g/mol. The van der Waals surface area contributed by atoms with E-state index in [0.29, 0.717) is 0 Å². The maximum absolute atomic E-state index is 9.20. The van der Waals surface area contributed by atoms with Gasteiger partial charge in [-0.05, 0) is 13.3 Å². The van der Waals surface area contributed by atoms with Crippen molar-refractivity contribution in [3.05, 3.63) is 0 Å². The lowest BCUT2D eigenvalue weighted by Gasteiger charge is -2.22. The minimum Gasteiger partial charge on any atom is -0.396 e. The molecule has 0 radical (unpaired) electrons. The van der Waals surface area contributed by atoms with Crippen LogP contribution in [0.15, 0.2) is 0 Å². The highest BCUT2D eigenvalue weighted by atomic mass is 16.5. The van der Waals surface area contributed by atoms with Gasteiger partial charge in [-0.25, -0.2) is 0 Å². The van der Waals surface area contributed by atoms with E-state index in [1.165, 1.54) is 6.92 Å². The van der Waals surface area contributed by atoms with Crippen molar-refractivity contribution in [3.8, 4) is 0 Å². The highest BCUT2D eigenvalue weighted by Crippen LogP contribution is 2.14. The van der Waals surface area contributed by atoms with Crippen LogP contribution in [-0.4, -0.2) is 38.9 Å². The van der Waals surface area contributed by atoms with Gasteiger partial charge in [0.05, 0.1) is 5.60 Å². The first-order valence-electron chi connectivity index (χ1n) is 3.17. The van der Waals surface area contributed by atoms with Gasteiger partial charge in [0, 0.05) is 13.0 Å². The maximum Gasteiger partial charge on any atom is 0.154 e. The Morgan fingerprint density at radius 2 is 1.90 bits per heavy atom. The van der Waals surface area contributed by atoms with Gasteiger partial charge in [-0.3, -0.25) is 0 Å². The molecule has 0 aliphatic rings. The summed E-state index contributed by atoms with van der Waals surface area (Å²) in [5.41, 5.74) is -1.18. The molecule has 0 aromatic rings. The molecule has 0 aliphatic carbocycles. The Morgan fingerprint density at radius 3 is 2.20 bits per heavy atom. The Labute approximate surface area is 59.7 Å². The van der Waals surface area contributed by atoms with Crippen LogP contribution >= 0.6 is 0 Å². The highest BCUT2D eigenvalue weighted by molar-refractivity contribution is 4.72. The SMILES string of the molecule is CC(O)(CCO)CC(O)O. The van der Waals surface area contributed by atoms with E-state index < -0.39 is 11.9 Å². The third kappa shape index (κ3) is 4.69. The van der Waals surface area contributed by atoms with Gasteiger partial charge < -0.3 is 20.4 Å². The minimum atomic E-state index is -1.51. The number of aliphatic hydroxyl groups excluding tert-OH is 2. The van der Waals surface area contributed by atoms with Crippen molar-refractivity contribution in [2.45, 2.75) is 31.7 Å². The highest BCUT2D eigenvalue weighted by Gasteiger charge is 2.22. The van der Waals surface area contributed by atoms with Crippen molar-refractivity contribution < 1.29 is 20.4 Å². The fourth-order valence-corrected chi connectivity index (χ4v) is 0.736. The molecule has 0 saturated heterocycles. The smallest absolute Gasteiger partial charge is 0.154 e. The maximum atomic E-state index is 9.20. The van der Waals surface area contributed by atoms with Gasteiger partial charge in [0.15, 0.2) is 6.29 Å². The molecule has 4 N–H and O–H groups in total. The topological polar surface area (TPSA) is 80.9 Å². The average Bonchev–Trinajstić information content (AvgIpc) is 1.59.